The maximum Gasteiger partial charge on any atom is 0.226 e. The highest BCUT2D eigenvalue weighted by Crippen LogP contribution is 2.31. The minimum Gasteiger partial charge on any atom is -0.337 e. The molecule has 2 bridgehead atoms. The first-order valence-electron chi connectivity index (χ1n) is 13.8. The van der Waals surface area contributed by atoms with Gasteiger partial charge in [0.15, 0.2) is 0 Å². The minimum atomic E-state index is 0.153. The van der Waals surface area contributed by atoms with Gasteiger partial charge in [-0.1, -0.05) is 45.4 Å². The fourth-order valence-electron chi connectivity index (χ4n) is 5.77. The van der Waals surface area contributed by atoms with Gasteiger partial charge in [-0.2, -0.15) is 0 Å². The van der Waals surface area contributed by atoms with E-state index < -0.39 is 0 Å². The molecule has 4 rings (SSSR count). The van der Waals surface area contributed by atoms with Crippen molar-refractivity contribution in [2.75, 3.05) is 24.5 Å². The average molecular weight is 494 g/mol. The topological polar surface area (TPSA) is 61.7 Å². The van der Waals surface area contributed by atoms with E-state index in [9.17, 15) is 9.59 Å². The van der Waals surface area contributed by atoms with Crippen LogP contribution in [0.2, 0.25) is 0 Å². The van der Waals surface area contributed by atoms with Gasteiger partial charge in [0.1, 0.15) is 0 Å². The molecule has 0 spiro atoms. The Hall–Kier alpha value is -2.67. The Bertz CT molecular complexity index is 989. The van der Waals surface area contributed by atoms with Crippen molar-refractivity contribution in [2.45, 2.75) is 90.9 Å². The normalized spacial score (nSPS) is 21.2. The highest BCUT2D eigenvalue weighted by atomic mass is 16.2. The second kappa shape index (κ2) is 12.5. The second-order valence-corrected chi connectivity index (χ2v) is 10.8. The Balaban J connectivity index is 1.66. The van der Waals surface area contributed by atoms with Crippen molar-refractivity contribution < 1.29 is 9.59 Å². The highest BCUT2D eigenvalue weighted by Gasteiger charge is 2.34. The Labute approximate surface area is 216 Å². The van der Waals surface area contributed by atoms with Crippen molar-refractivity contribution in [1.29, 1.82) is 0 Å². The summed E-state index contributed by atoms with van der Waals surface area (Å²) in [4.78, 5) is 37.6. The zero-order valence-corrected chi connectivity index (χ0v) is 22.3. The van der Waals surface area contributed by atoms with Crippen molar-refractivity contribution in [3.05, 3.63) is 48.5 Å². The number of rotatable bonds is 7. The lowest BCUT2D eigenvalue weighted by atomic mass is 9.92. The van der Waals surface area contributed by atoms with Gasteiger partial charge in [-0.25, -0.2) is 4.98 Å². The number of para-hydroxylation sites is 1. The zero-order chi connectivity index (χ0) is 25.5. The van der Waals surface area contributed by atoms with Gasteiger partial charge < -0.3 is 14.4 Å². The lowest BCUT2D eigenvalue weighted by molar-refractivity contribution is -0.133. The monoisotopic (exact) mass is 493 g/mol. The molecule has 2 unspecified atom stereocenters. The van der Waals surface area contributed by atoms with E-state index in [4.69, 9.17) is 0 Å². The van der Waals surface area contributed by atoms with E-state index in [0.717, 1.165) is 50.1 Å². The number of imidazole rings is 1. The van der Waals surface area contributed by atoms with E-state index >= 15 is 0 Å². The zero-order valence-electron chi connectivity index (χ0n) is 22.3. The standard InChI is InChI=1S/C29H43N5O2/c1-4-28(35)34-18-13-25-9-7-10-26(33(25)17-12-23(2)3)21-32(20-24-8-5-6-11-27(24)34)29(36)14-16-31-19-15-30-22-31/h5-6,8,11,15,19,22-23,25-26H,4,7,9-10,12-14,16-18,20-21H2,1-3H3. The van der Waals surface area contributed by atoms with Crippen LogP contribution in [0.5, 0.6) is 0 Å². The van der Waals surface area contributed by atoms with Crippen LogP contribution in [-0.4, -0.2) is 62.9 Å². The van der Waals surface area contributed by atoms with Crippen LogP contribution in [0.25, 0.3) is 0 Å². The van der Waals surface area contributed by atoms with Crippen LogP contribution < -0.4 is 4.90 Å². The van der Waals surface area contributed by atoms with E-state index in [1.165, 1.54) is 12.8 Å². The number of carbonyl (C=O) groups is 2. The van der Waals surface area contributed by atoms with Crippen LogP contribution in [0.1, 0.15) is 71.3 Å². The number of carbonyl (C=O) groups excluding carboxylic acids is 2. The van der Waals surface area contributed by atoms with Gasteiger partial charge in [0, 0.05) is 69.2 Å². The summed E-state index contributed by atoms with van der Waals surface area (Å²) >= 11 is 0. The van der Waals surface area contributed by atoms with Crippen LogP contribution >= 0.6 is 0 Å². The smallest absolute Gasteiger partial charge is 0.226 e. The van der Waals surface area contributed by atoms with E-state index in [-0.39, 0.29) is 11.8 Å². The molecule has 1 saturated heterocycles. The number of anilines is 1. The first-order valence-corrected chi connectivity index (χ1v) is 13.8. The molecule has 2 aliphatic heterocycles. The number of fused-ring (bicyclic) bond motifs is 3. The van der Waals surface area contributed by atoms with Crippen LogP contribution in [-0.2, 0) is 22.7 Å². The SMILES string of the molecule is CCC(=O)N1CCC2CCCC(CN(C(=O)CCn3ccnc3)Cc3ccccc31)N2CCC(C)C. The third kappa shape index (κ3) is 6.55. The molecule has 2 aliphatic rings. The summed E-state index contributed by atoms with van der Waals surface area (Å²) in [5.41, 5.74) is 2.02. The molecule has 1 fully saturated rings. The van der Waals surface area contributed by atoms with Gasteiger partial charge in [0.25, 0.3) is 0 Å². The first-order chi connectivity index (χ1) is 17.5. The quantitative estimate of drug-likeness (QED) is 0.560. The summed E-state index contributed by atoms with van der Waals surface area (Å²) in [6, 6.07) is 8.98. The number of amides is 2. The van der Waals surface area contributed by atoms with E-state index in [2.05, 4.69) is 40.8 Å². The molecule has 2 atom stereocenters. The number of aromatic nitrogens is 2. The average Bonchev–Trinajstić information content (AvgIpc) is 3.40. The lowest BCUT2D eigenvalue weighted by Gasteiger charge is -2.44. The van der Waals surface area contributed by atoms with Gasteiger partial charge >= 0.3 is 0 Å². The van der Waals surface area contributed by atoms with Gasteiger partial charge in [-0.05, 0) is 49.8 Å². The molecule has 1 aromatic carbocycles. The molecule has 2 amide bonds. The number of hydrogen-bond donors (Lipinski definition) is 0. The summed E-state index contributed by atoms with van der Waals surface area (Å²) in [7, 11) is 0. The van der Waals surface area contributed by atoms with Gasteiger partial charge in [-0.3, -0.25) is 14.5 Å². The number of nitrogens with zero attached hydrogens (tertiary/aromatic N) is 5. The third-order valence-electron chi connectivity index (χ3n) is 7.84. The summed E-state index contributed by atoms with van der Waals surface area (Å²) < 4.78 is 1.96. The molecule has 196 valence electrons. The van der Waals surface area contributed by atoms with E-state index in [1.807, 2.05) is 34.7 Å². The van der Waals surface area contributed by atoms with Crippen LogP contribution in [0.15, 0.2) is 43.0 Å². The molecule has 3 heterocycles. The minimum absolute atomic E-state index is 0.153. The number of benzene rings is 1. The number of aryl methyl sites for hydroxylation is 1. The molecule has 36 heavy (non-hydrogen) atoms. The molecule has 0 N–H and O–H groups in total. The van der Waals surface area contributed by atoms with Gasteiger partial charge in [-0.15, -0.1) is 0 Å². The van der Waals surface area contributed by atoms with Crippen molar-refractivity contribution >= 4 is 17.5 Å². The molecule has 2 aromatic rings. The summed E-state index contributed by atoms with van der Waals surface area (Å²) in [6.45, 7) is 10.2. The van der Waals surface area contributed by atoms with E-state index in [1.54, 1.807) is 12.5 Å². The summed E-state index contributed by atoms with van der Waals surface area (Å²) in [5, 5.41) is 0. The fraction of sp³-hybridized carbons (Fsp3) is 0.621. The fourth-order valence-corrected chi connectivity index (χ4v) is 5.77. The van der Waals surface area contributed by atoms with Gasteiger partial charge in [0.2, 0.25) is 11.8 Å². The number of piperidine rings is 1. The predicted molar refractivity (Wildman–Crippen MR) is 144 cm³/mol. The summed E-state index contributed by atoms with van der Waals surface area (Å²) in [6.07, 6.45) is 11.9. The molecular weight excluding hydrogens is 450 g/mol. The van der Waals surface area contributed by atoms with Crippen molar-refractivity contribution in [3.63, 3.8) is 0 Å². The third-order valence-corrected chi connectivity index (χ3v) is 7.84. The largest absolute Gasteiger partial charge is 0.337 e. The summed E-state index contributed by atoms with van der Waals surface area (Å²) in [5.74, 6) is 0.956. The first kappa shape index (κ1) is 26.4. The van der Waals surface area contributed by atoms with Crippen LogP contribution in [0, 0.1) is 5.92 Å². The molecule has 1 aromatic heterocycles. The van der Waals surface area contributed by atoms with Crippen molar-refractivity contribution in [1.82, 2.24) is 19.4 Å². The van der Waals surface area contributed by atoms with Crippen LogP contribution in [0.4, 0.5) is 5.69 Å². The van der Waals surface area contributed by atoms with E-state index in [0.29, 0.717) is 43.9 Å². The van der Waals surface area contributed by atoms with Crippen molar-refractivity contribution in [2.24, 2.45) is 5.92 Å². The Morgan fingerprint density at radius 2 is 1.86 bits per heavy atom. The predicted octanol–water partition coefficient (Wildman–Crippen LogP) is 4.72. The van der Waals surface area contributed by atoms with Crippen LogP contribution in [0.3, 0.4) is 0 Å². The molecule has 0 aliphatic carbocycles. The Morgan fingerprint density at radius 3 is 2.61 bits per heavy atom. The molecule has 7 heteroatoms. The molecular formula is C29H43N5O2. The van der Waals surface area contributed by atoms with Crippen molar-refractivity contribution in [3.8, 4) is 0 Å². The Morgan fingerprint density at radius 1 is 1.06 bits per heavy atom. The molecule has 0 saturated carbocycles. The number of hydrogen-bond acceptors (Lipinski definition) is 4. The Kier molecular flexibility index (Phi) is 9.19. The molecule has 0 radical (unpaired) electrons. The lowest BCUT2D eigenvalue weighted by Crippen LogP contribution is -2.53. The molecule has 7 nitrogen and oxygen atoms in total. The maximum absolute atomic E-state index is 13.7. The van der Waals surface area contributed by atoms with Gasteiger partial charge in [0.05, 0.1) is 6.33 Å². The highest BCUT2D eigenvalue weighted by molar-refractivity contribution is 5.94. The second-order valence-electron chi connectivity index (χ2n) is 10.8. The maximum atomic E-state index is 13.7.